The molecule has 2 aromatic carbocycles. The van der Waals surface area contributed by atoms with Crippen molar-refractivity contribution >= 4 is 51.7 Å². The third-order valence-corrected chi connectivity index (χ3v) is 6.77. The fourth-order valence-electron chi connectivity index (χ4n) is 3.38. The number of carbonyl (C=O) groups excluding carboxylic acids is 1. The average molecular weight is 545 g/mol. The maximum Gasteiger partial charge on any atom is 0.268 e. The Morgan fingerprint density at radius 3 is 2.72 bits per heavy atom. The minimum Gasteiger partial charge on any atom is -0.493 e. The molecule has 0 saturated heterocycles. The van der Waals surface area contributed by atoms with E-state index in [9.17, 15) is 10.1 Å². The van der Waals surface area contributed by atoms with E-state index in [0.29, 0.717) is 45.3 Å². The molecule has 3 aromatic rings. The van der Waals surface area contributed by atoms with Crippen LogP contribution in [0.3, 0.4) is 0 Å². The van der Waals surface area contributed by atoms with Crippen molar-refractivity contribution in [3.63, 3.8) is 0 Å². The Kier molecular flexibility index (Phi) is 10.6. The summed E-state index contributed by atoms with van der Waals surface area (Å²) < 4.78 is 11.3. The molecule has 0 bridgehead atoms. The van der Waals surface area contributed by atoms with Crippen LogP contribution < -0.4 is 14.8 Å². The van der Waals surface area contributed by atoms with E-state index >= 15 is 0 Å². The lowest BCUT2D eigenvalue weighted by atomic mass is 10.1. The number of halogens is 2. The molecule has 9 heteroatoms. The maximum atomic E-state index is 12.7. The molecule has 0 aliphatic heterocycles. The van der Waals surface area contributed by atoms with E-state index in [4.69, 9.17) is 32.7 Å². The van der Waals surface area contributed by atoms with Crippen molar-refractivity contribution in [2.24, 2.45) is 0 Å². The van der Waals surface area contributed by atoms with Gasteiger partial charge in [-0.3, -0.25) is 10.1 Å². The maximum absolute atomic E-state index is 12.7. The van der Waals surface area contributed by atoms with Gasteiger partial charge in [0.15, 0.2) is 16.6 Å². The predicted molar refractivity (Wildman–Crippen MR) is 146 cm³/mol. The fraction of sp³-hybridized carbons (Fsp3) is 0.296. The van der Waals surface area contributed by atoms with E-state index in [1.165, 1.54) is 30.3 Å². The number of nitrogens with zero attached hydrogens (tertiary/aromatic N) is 2. The van der Waals surface area contributed by atoms with Crippen LogP contribution in [-0.2, 0) is 11.2 Å². The van der Waals surface area contributed by atoms with Gasteiger partial charge in [-0.05, 0) is 47.9 Å². The number of hydrogen-bond donors (Lipinski definition) is 1. The number of thiazole rings is 1. The van der Waals surface area contributed by atoms with Gasteiger partial charge in [-0.15, -0.1) is 11.3 Å². The average Bonchev–Trinajstić information content (AvgIpc) is 3.31. The Morgan fingerprint density at radius 2 is 2.00 bits per heavy atom. The number of carbonyl (C=O) groups is 1. The fourth-order valence-corrected chi connectivity index (χ4v) is 4.69. The second-order valence-corrected chi connectivity index (χ2v) is 9.95. The number of nitrogens with one attached hydrogen (secondary N) is 1. The van der Waals surface area contributed by atoms with Crippen molar-refractivity contribution in [2.75, 3.05) is 19.0 Å². The topological polar surface area (TPSA) is 84.2 Å². The molecule has 36 heavy (non-hydrogen) atoms. The first-order chi connectivity index (χ1) is 17.4. The summed E-state index contributed by atoms with van der Waals surface area (Å²) in [5.41, 5.74) is 1.50. The second kappa shape index (κ2) is 13.9. The van der Waals surface area contributed by atoms with E-state index < -0.39 is 5.91 Å². The highest BCUT2D eigenvalue weighted by Gasteiger charge is 2.14. The zero-order valence-corrected chi connectivity index (χ0v) is 22.5. The monoisotopic (exact) mass is 543 g/mol. The molecule has 0 saturated carbocycles. The number of unbranched alkanes of at least 4 members (excludes halogenated alkanes) is 3. The molecule has 0 aliphatic carbocycles. The third-order valence-electron chi connectivity index (χ3n) is 5.27. The molecule has 0 radical (unpaired) electrons. The number of hydrogen-bond acceptors (Lipinski definition) is 6. The van der Waals surface area contributed by atoms with E-state index in [1.807, 2.05) is 12.1 Å². The van der Waals surface area contributed by atoms with E-state index in [0.717, 1.165) is 23.3 Å². The van der Waals surface area contributed by atoms with Gasteiger partial charge in [0.1, 0.15) is 11.6 Å². The number of nitriles is 1. The SMILES string of the molecule is CCCCCCOc1ccc(C=C(C#N)C(=O)Nc2ncc(Cc3ccc(Cl)cc3Cl)s2)cc1OC. The van der Waals surface area contributed by atoms with Gasteiger partial charge >= 0.3 is 0 Å². The lowest BCUT2D eigenvalue weighted by Gasteiger charge is -2.11. The number of amides is 1. The number of rotatable bonds is 12. The van der Waals surface area contributed by atoms with Crippen LogP contribution in [0.15, 0.2) is 48.2 Å². The Balaban J connectivity index is 1.65. The van der Waals surface area contributed by atoms with E-state index in [-0.39, 0.29) is 5.57 Å². The van der Waals surface area contributed by atoms with E-state index in [1.54, 1.807) is 43.6 Å². The molecule has 1 N–H and O–H groups in total. The number of benzene rings is 2. The molecule has 1 aromatic heterocycles. The van der Waals surface area contributed by atoms with Gasteiger partial charge in [0.2, 0.25) is 0 Å². The zero-order chi connectivity index (χ0) is 25.9. The van der Waals surface area contributed by atoms with Crippen LogP contribution in [0.1, 0.15) is 48.6 Å². The molecule has 0 atom stereocenters. The number of aromatic nitrogens is 1. The highest BCUT2D eigenvalue weighted by Crippen LogP contribution is 2.30. The van der Waals surface area contributed by atoms with Gasteiger partial charge in [-0.25, -0.2) is 4.98 Å². The molecule has 3 rings (SSSR count). The first-order valence-electron chi connectivity index (χ1n) is 11.6. The lowest BCUT2D eigenvalue weighted by molar-refractivity contribution is -0.112. The Bertz CT molecular complexity index is 1270. The van der Waals surface area contributed by atoms with Gasteiger partial charge in [0.25, 0.3) is 5.91 Å². The standard InChI is InChI=1S/C27H27Cl2N3O3S/c1-3-4-5-6-11-35-24-10-7-18(13-25(24)34-2)12-20(16-30)26(33)32-27-31-17-22(36-27)14-19-8-9-21(28)15-23(19)29/h7-10,12-13,15,17H,3-6,11,14H2,1-2H3,(H,31,32,33). The molecular weight excluding hydrogens is 517 g/mol. The summed E-state index contributed by atoms with van der Waals surface area (Å²) in [6.07, 6.45) is 8.18. The molecule has 0 spiro atoms. The van der Waals surface area contributed by atoms with Crippen LogP contribution in [0.2, 0.25) is 10.0 Å². The Labute approximate surface area is 225 Å². The minimum absolute atomic E-state index is 0.0530. The van der Waals surface area contributed by atoms with Crippen molar-refractivity contribution in [3.8, 4) is 17.6 Å². The van der Waals surface area contributed by atoms with Gasteiger partial charge in [-0.2, -0.15) is 5.26 Å². The summed E-state index contributed by atoms with van der Waals surface area (Å²) in [5.74, 6) is 0.630. The number of ether oxygens (including phenoxy) is 2. The molecule has 0 fully saturated rings. The summed E-state index contributed by atoms with van der Waals surface area (Å²) >= 11 is 13.5. The second-order valence-electron chi connectivity index (χ2n) is 7.99. The molecule has 0 aliphatic rings. The molecule has 0 unspecified atom stereocenters. The highest BCUT2D eigenvalue weighted by molar-refractivity contribution is 7.15. The van der Waals surface area contributed by atoms with Gasteiger partial charge in [0, 0.05) is 27.5 Å². The van der Waals surface area contributed by atoms with Crippen molar-refractivity contribution in [3.05, 3.63) is 74.2 Å². The lowest BCUT2D eigenvalue weighted by Crippen LogP contribution is -2.13. The zero-order valence-electron chi connectivity index (χ0n) is 20.1. The van der Waals surface area contributed by atoms with Crippen molar-refractivity contribution in [1.29, 1.82) is 5.26 Å². The number of methoxy groups -OCH3 is 1. The Hall–Kier alpha value is -3.05. The highest BCUT2D eigenvalue weighted by atomic mass is 35.5. The normalized spacial score (nSPS) is 11.1. The number of anilines is 1. The summed E-state index contributed by atoms with van der Waals surface area (Å²) in [7, 11) is 1.56. The minimum atomic E-state index is -0.543. The molecule has 188 valence electrons. The molecule has 6 nitrogen and oxygen atoms in total. The molecular formula is C27H27Cl2N3O3S. The first-order valence-corrected chi connectivity index (χ1v) is 13.1. The van der Waals surface area contributed by atoms with Crippen LogP contribution in [0.5, 0.6) is 11.5 Å². The smallest absolute Gasteiger partial charge is 0.268 e. The van der Waals surface area contributed by atoms with Crippen LogP contribution in [0, 0.1) is 11.3 Å². The van der Waals surface area contributed by atoms with E-state index in [2.05, 4.69) is 17.2 Å². The van der Waals surface area contributed by atoms with Crippen molar-refractivity contribution < 1.29 is 14.3 Å². The van der Waals surface area contributed by atoms with Gasteiger partial charge < -0.3 is 9.47 Å². The Morgan fingerprint density at radius 1 is 1.17 bits per heavy atom. The largest absolute Gasteiger partial charge is 0.493 e. The summed E-state index contributed by atoms with van der Waals surface area (Å²) in [6, 6.07) is 12.6. The van der Waals surface area contributed by atoms with Crippen LogP contribution in [0.4, 0.5) is 5.13 Å². The van der Waals surface area contributed by atoms with Crippen molar-refractivity contribution in [1.82, 2.24) is 4.98 Å². The predicted octanol–water partition coefficient (Wildman–Crippen LogP) is 7.55. The third kappa shape index (κ3) is 7.99. The summed E-state index contributed by atoms with van der Waals surface area (Å²) in [5, 5.41) is 13.8. The van der Waals surface area contributed by atoms with Gasteiger partial charge in [0.05, 0.1) is 13.7 Å². The van der Waals surface area contributed by atoms with Gasteiger partial charge in [-0.1, -0.05) is 61.5 Å². The van der Waals surface area contributed by atoms with Crippen LogP contribution in [0.25, 0.3) is 6.08 Å². The first kappa shape index (κ1) is 27.5. The molecule has 1 heterocycles. The van der Waals surface area contributed by atoms with Crippen LogP contribution in [-0.4, -0.2) is 24.6 Å². The quantitative estimate of drug-likeness (QED) is 0.145. The summed E-state index contributed by atoms with van der Waals surface area (Å²) in [4.78, 5) is 17.9. The van der Waals surface area contributed by atoms with Crippen LogP contribution >= 0.6 is 34.5 Å². The summed E-state index contributed by atoms with van der Waals surface area (Å²) in [6.45, 7) is 2.77. The van der Waals surface area contributed by atoms with Crippen molar-refractivity contribution in [2.45, 2.75) is 39.0 Å². The molecule has 1 amide bonds.